The summed E-state index contributed by atoms with van der Waals surface area (Å²) in [6.45, 7) is 11.7. The Kier molecular flexibility index (Phi) is 12.7. The van der Waals surface area contributed by atoms with Crippen LogP contribution in [0.25, 0.3) is 20.5 Å². The van der Waals surface area contributed by atoms with Crippen molar-refractivity contribution in [3.8, 4) is 16.2 Å². The van der Waals surface area contributed by atoms with Gasteiger partial charge in [0.15, 0.2) is 5.78 Å². The van der Waals surface area contributed by atoms with Gasteiger partial charge in [-0.15, -0.1) is 11.3 Å². The molecular weight excluding hydrogens is 822 g/mol. The minimum Gasteiger partial charge on any atom is -0.492 e. The maximum atomic E-state index is 14.0. The molecule has 1 atom stereocenters. The van der Waals surface area contributed by atoms with Gasteiger partial charge in [-0.05, 0) is 103 Å². The first-order valence-corrected chi connectivity index (χ1v) is 22.6. The number of halogens is 1. The van der Waals surface area contributed by atoms with E-state index in [1.807, 2.05) is 24.3 Å². The summed E-state index contributed by atoms with van der Waals surface area (Å²) in [6, 6.07) is 23.6. The lowest BCUT2D eigenvalue weighted by Crippen LogP contribution is -2.52. The predicted molar refractivity (Wildman–Crippen MR) is 241 cm³/mol. The fourth-order valence-corrected chi connectivity index (χ4v) is 10.4. The summed E-state index contributed by atoms with van der Waals surface area (Å²) in [5.74, 6) is -0.680. The smallest absolute Gasteiger partial charge is 0.488 e. The van der Waals surface area contributed by atoms with Crippen LogP contribution in [0, 0.1) is 5.82 Å². The van der Waals surface area contributed by atoms with Crippen molar-refractivity contribution in [3.63, 3.8) is 0 Å². The van der Waals surface area contributed by atoms with Crippen molar-refractivity contribution >= 4 is 63.2 Å². The van der Waals surface area contributed by atoms with E-state index in [2.05, 4.69) is 31.0 Å². The molecule has 3 amide bonds. The summed E-state index contributed by atoms with van der Waals surface area (Å²) >= 11 is 1.36. The maximum Gasteiger partial charge on any atom is 0.488 e. The number of ether oxygens (including phenoxy) is 1. The van der Waals surface area contributed by atoms with Gasteiger partial charge in [-0.2, -0.15) is 0 Å². The first-order chi connectivity index (χ1) is 30.6. The second-order valence-corrected chi connectivity index (χ2v) is 17.8. The van der Waals surface area contributed by atoms with Gasteiger partial charge in [-0.3, -0.25) is 34.3 Å². The summed E-state index contributed by atoms with van der Waals surface area (Å²) < 4.78 is 20.6. The molecule has 0 saturated carbocycles. The topological polar surface area (TPSA) is 146 Å². The molecule has 9 rings (SSSR count). The Balaban J connectivity index is 0.690. The first kappa shape index (κ1) is 42.8. The minimum absolute atomic E-state index is 0.143. The van der Waals surface area contributed by atoms with Gasteiger partial charge in [0.25, 0.3) is 5.91 Å². The number of benzene rings is 4. The van der Waals surface area contributed by atoms with Crippen LogP contribution >= 0.6 is 11.3 Å². The number of piperidine rings is 1. The number of fused-ring (bicyclic) bond motifs is 2. The van der Waals surface area contributed by atoms with E-state index in [9.17, 15) is 33.6 Å². The average molecular weight is 873 g/mol. The predicted octanol–water partition coefficient (Wildman–Crippen LogP) is 3.59. The molecule has 4 aliphatic rings. The van der Waals surface area contributed by atoms with Crippen LogP contribution in [0.3, 0.4) is 0 Å². The molecule has 63 heavy (non-hydrogen) atoms. The number of thiophene rings is 1. The van der Waals surface area contributed by atoms with Gasteiger partial charge in [0.05, 0.1) is 0 Å². The third-order valence-corrected chi connectivity index (χ3v) is 14.0. The molecule has 4 aliphatic heterocycles. The highest BCUT2D eigenvalue weighted by Crippen LogP contribution is 2.40. The van der Waals surface area contributed by atoms with Gasteiger partial charge in [0.1, 0.15) is 24.2 Å². The third kappa shape index (κ3) is 9.42. The van der Waals surface area contributed by atoms with E-state index in [0.717, 1.165) is 94.4 Å². The zero-order valence-corrected chi connectivity index (χ0v) is 35.8. The van der Waals surface area contributed by atoms with E-state index in [1.165, 1.54) is 23.5 Å². The van der Waals surface area contributed by atoms with Crippen LogP contribution in [0.2, 0.25) is 0 Å². The van der Waals surface area contributed by atoms with E-state index in [0.29, 0.717) is 63.3 Å². The Labute approximate surface area is 369 Å². The number of carbonyl (C=O) groups is 4. The monoisotopic (exact) mass is 872 g/mol. The fraction of sp³-hybridized carbons (Fsp3) is 0.362. The Morgan fingerprint density at radius 2 is 1.49 bits per heavy atom. The fourth-order valence-electron chi connectivity index (χ4n) is 9.18. The van der Waals surface area contributed by atoms with Crippen molar-refractivity contribution in [1.29, 1.82) is 0 Å². The van der Waals surface area contributed by atoms with Gasteiger partial charge in [0.2, 0.25) is 11.8 Å². The van der Waals surface area contributed by atoms with Gasteiger partial charge >= 0.3 is 7.12 Å². The summed E-state index contributed by atoms with van der Waals surface area (Å²) in [7, 11) is -1.63. The van der Waals surface area contributed by atoms with Crippen molar-refractivity contribution in [2.75, 3.05) is 83.5 Å². The molecule has 1 aromatic heterocycles. The molecule has 3 saturated heterocycles. The van der Waals surface area contributed by atoms with E-state index in [1.54, 1.807) is 47.4 Å². The number of piperazine rings is 2. The molecule has 5 heterocycles. The van der Waals surface area contributed by atoms with Gasteiger partial charge in [-0.1, -0.05) is 24.3 Å². The van der Waals surface area contributed by atoms with Crippen LogP contribution in [0.4, 0.5) is 10.1 Å². The maximum absolute atomic E-state index is 14.0. The van der Waals surface area contributed by atoms with Crippen LogP contribution in [-0.2, 0) is 16.1 Å². The number of rotatable bonds is 14. The lowest BCUT2D eigenvalue weighted by atomic mass is 9.80. The number of anilines is 1. The quantitative estimate of drug-likeness (QED) is 0.0856. The van der Waals surface area contributed by atoms with Crippen molar-refractivity contribution in [2.24, 2.45) is 0 Å². The largest absolute Gasteiger partial charge is 0.492 e. The molecule has 0 aliphatic carbocycles. The normalized spacial score (nSPS) is 18.8. The number of hydrogen-bond acceptors (Lipinski definition) is 12. The van der Waals surface area contributed by atoms with Crippen molar-refractivity contribution in [1.82, 2.24) is 24.9 Å². The lowest BCUT2D eigenvalue weighted by Gasteiger charge is -2.37. The van der Waals surface area contributed by atoms with Crippen molar-refractivity contribution in [3.05, 3.63) is 113 Å². The molecule has 326 valence electrons. The number of amides is 3. The van der Waals surface area contributed by atoms with Crippen LogP contribution in [0.1, 0.15) is 51.1 Å². The average Bonchev–Trinajstić information content (AvgIpc) is 3.84. The van der Waals surface area contributed by atoms with Crippen LogP contribution < -0.4 is 20.4 Å². The number of ketones is 1. The minimum atomic E-state index is -1.63. The standard InChI is InChI=1S/C47H50BFN6O7S/c49-35-7-2-32(3-8-35)45-43(39-12-6-34(48(60)61)29-41(39)63-45)44(57)31-4-10-37(11-5-31)62-27-26-53-20-18-51(19-21-53)16-1-17-52-22-24-54(25-23-52)36-9-13-38-33(28-36)30-55(47(38)59)40-14-15-42(56)50-46(40)58/h2-13,28-29,40,60-61H,1,14-27,30H2,(H,50,56,58). The molecule has 0 radical (unpaired) electrons. The van der Waals surface area contributed by atoms with Crippen molar-refractivity contribution in [2.45, 2.75) is 31.8 Å². The second kappa shape index (κ2) is 18.7. The zero-order valence-electron chi connectivity index (χ0n) is 35.0. The van der Waals surface area contributed by atoms with Crippen LogP contribution in [0.5, 0.6) is 5.75 Å². The molecule has 0 spiro atoms. The number of imide groups is 1. The SMILES string of the molecule is O=C1CCC(N2Cc3cc(N4CCN(CCCN5CCN(CCOc6ccc(C(=O)c7c(-c8ccc(F)cc8)sc8cc(B(O)O)ccc78)cc6)CC5)CC4)ccc3C2=O)C(=O)N1. The lowest BCUT2D eigenvalue weighted by molar-refractivity contribution is -0.136. The third-order valence-electron chi connectivity index (χ3n) is 12.8. The highest BCUT2D eigenvalue weighted by atomic mass is 32.1. The number of nitrogens with one attached hydrogen (secondary N) is 1. The summed E-state index contributed by atoms with van der Waals surface area (Å²) in [5, 5.41) is 22.5. The van der Waals surface area contributed by atoms with E-state index in [-0.39, 0.29) is 35.7 Å². The molecule has 4 aromatic carbocycles. The Morgan fingerprint density at radius 1 is 0.810 bits per heavy atom. The molecule has 3 fully saturated rings. The van der Waals surface area contributed by atoms with Crippen LogP contribution in [0.15, 0.2) is 84.9 Å². The summed E-state index contributed by atoms with van der Waals surface area (Å²) in [4.78, 5) is 63.3. The number of nitrogens with zero attached hydrogens (tertiary/aromatic N) is 5. The Hall–Kier alpha value is -5.49. The van der Waals surface area contributed by atoms with E-state index >= 15 is 0 Å². The van der Waals surface area contributed by atoms with Gasteiger partial charge in [-0.25, -0.2) is 4.39 Å². The number of carbonyl (C=O) groups excluding carboxylic acids is 4. The Morgan fingerprint density at radius 3 is 2.17 bits per heavy atom. The molecular formula is C47H50BFN6O7S. The second-order valence-electron chi connectivity index (χ2n) is 16.8. The van der Waals surface area contributed by atoms with Gasteiger partial charge < -0.3 is 29.5 Å². The van der Waals surface area contributed by atoms with E-state index < -0.39 is 13.2 Å². The molecule has 13 nitrogen and oxygen atoms in total. The molecule has 0 bridgehead atoms. The Bertz CT molecular complexity index is 2500. The molecule has 3 N–H and O–H groups in total. The van der Waals surface area contributed by atoms with E-state index in [4.69, 9.17) is 4.74 Å². The molecule has 16 heteroatoms. The highest BCUT2D eigenvalue weighted by Gasteiger charge is 2.39. The van der Waals surface area contributed by atoms with Gasteiger partial charge in [0, 0.05) is 109 Å². The summed E-state index contributed by atoms with van der Waals surface area (Å²) in [6.07, 6.45) is 1.72. The van der Waals surface area contributed by atoms with Crippen LogP contribution in [-0.4, -0.2) is 145 Å². The number of hydrogen-bond donors (Lipinski definition) is 3. The molecule has 1 unspecified atom stereocenters. The zero-order chi connectivity index (χ0) is 43.6. The molecule has 5 aromatic rings. The summed E-state index contributed by atoms with van der Waals surface area (Å²) in [5.41, 5.74) is 4.70. The highest BCUT2D eigenvalue weighted by molar-refractivity contribution is 7.23. The van der Waals surface area contributed by atoms with Crippen molar-refractivity contribution < 1.29 is 38.4 Å². The first-order valence-electron chi connectivity index (χ1n) is 21.7.